The zero-order valence-corrected chi connectivity index (χ0v) is 24.4. The van der Waals surface area contributed by atoms with Crippen LogP contribution in [0.25, 0.3) is 21.8 Å². The van der Waals surface area contributed by atoms with E-state index in [1.165, 1.54) is 23.1 Å². The van der Waals surface area contributed by atoms with Gasteiger partial charge in [-0.3, -0.25) is 25.0 Å². The van der Waals surface area contributed by atoms with Crippen LogP contribution in [0.5, 0.6) is 0 Å². The fourth-order valence-corrected chi connectivity index (χ4v) is 5.90. The SMILES string of the molecule is C=C(CCCCc1nnc(NC(=O)Cc2ccc3ncccc3c2)s1)SC(=N)NC(=O)Cc1ccc2ncccc2c1. The molecule has 3 heterocycles. The van der Waals surface area contributed by atoms with Crippen LogP contribution < -0.4 is 10.6 Å². The number of benzene rings is 2. The lowest BCUT2D eigenvalue weighted by Crippen LogP contribution is -2.29. The number of aryl methyl sites for hydroxylation is 1. The molecule has 0 unspecified atom stereocenters. The second-order valence-electron chi connectivity index (χ2n) is 9.69. The Balaban J connectivity index is 0.980. The molecule has 0 radical (unpaired) electrons. The number of unbranched alkanes of at least 4 members (excludes halogenated alkanes) is 1. The van der Waals surface area contributed by atoms with Crippen molar-refractivity contribution >= 4 is 67.0 Å². The normalized spacial score (nSPS) is 11.0. The second kappa shape index (κ2) is 13.9. The minimum Gasteiger partial charge on any atom is -0.305 e. The van der Waals surface area contributed by atoms with Crippen LogP contribution in [0.1, 0.15) is 35.4 Å². The van der Waals surface area contributed by atoms with E-state index in [1.807, 2.05) is 60.7 Å². The van der Waals surface area contributed by atoms with Crippen LogP contribution in [0.2, 0.25) is 0 Å². The highest BCUT2D eigenvalue weighted by Crippen LogP contribution is 2.23. The summed E-state index contributed by atoms with van der Waals surface area (Å²) in [6, 6.07) is 19.2. The average molecular weight is 596 g/mol. The lowest BCUT2D eigenvalue weighted by molar-refractivity contribution is -0.119. The highest BCUT2D eigenvalue weighted by molar-refractivity contribution is 8.17. The molecule has 0 fully saturated rings. The molecule has 9 nitrogen and oxygen atoms in total. The molecular weight excluding hydrogens is 567 g/mol. The number of hydrogen-bond donors (Lipinski definition) is 3. The third kappa shape index (κ3) is 8.27. The van der Waals surface area contributed by atoms with Crippen molar-refractivity contribution in [1.29, 1.82) is 5.41 Å². The Hall–Kier alpha value is -4.48. The molecule has 0 atom stereocenters. The van der Waals surface area contributed by atoms with Crippen molar-refractivity contribution in [2.24, 2.45) is 0 Å². The number of carbonyl (C=O) groups is 2. The van der Waals surface area contributed by atoms with Crippen LogP contribution in [0.15, 0.2) is 84.5 Å². The van der Waals surface area contributed by atoms with Crippen molar-refractivity contribution < 1.29 is 9.59 Å². The number of fused-ring (bicyclic) bond motifs is 2. The number of carbonyl (C=O) groups excluding carboxylic acids is 2. The molecule has 3 aromatic heterocycles. The van der Waals surface area contributed by atoms with Crippen molar-refractivity contribution in [3.63, 3.8) is 0 Å². The topological polar surface area (TPSA) is 134 Å². The van der Waals surface area contributed by atoms with Gasteiger partial charge in [0.2, 0.25) is 16.9 Å². The standard InChI is InChI=1S/C31H29N7O2S2/c1-20(41-30(32)35-27(39)18-21-10-12-25-23(16-21)7-4-14-33-25)6-2-3-9-29-37-38-31(42-29)36-28(40)19-22-11-13-26-24(17-22)8-5-15-34-26/h4-5,7-8,10-17H,1-3,6,9,18-19H2,(H2,32,35,39)(H,36,38,40). The van der Waals surface area contributed by atoms with Gasteiger partial charge in [-0.25, -0.2) is 0 Å². The number of anilines is 1. The zero-order chi connectivity index (χ0) is 29.3. The van der Waals surface area contributed by atoms with Crippen LogP contribution in [0, 0.1) is 5.41 Å². The van der Waals surface area contributed by atoms with E-state index in [4.69, 9.17) is 5.41 Å². The first-order valence-electron chi connectivity index (χ1n) is 13.4. The maximum absolute atomic E-state index is 12.5. The summed E-state index contributed by atoms with van der Waals surface area (Å²) in [6.07, 6.45) is 7.09. The Morgan fingerprint density at radius 2 is 1.50 bits per heavy atom. The molecule has 0 aliphatic heterocycles. The predicted molar refractivity (Wildman–Crippen MR) is 170 cm³/mol. The number of nitrogens with zero attached hydrogens (tertiary/aromatic N) is 4. The van der Waals surface area contributed by atoms with Gasteiger partial charge in [-0.05, 0) is 71.7 Å². The molecule has 11 heteroatoms. The third-order valence-electron chi connectivity index (χ3n) is 6.37. The summed E-state index contributed by atoms with van der Waals surface area (Å²) in [6.45, 7) is 4.04. The van der Waals surface area contributed by atoms with Crippen molar-refractivity contribution in [1.82, 2.24) is 25.5 Å². The lowest BCUT2D eigenvalue weighted by Gasteiger charge is -2.09. The average Bonchev–Trinajstić information content (AvgIpc) is 3.41. The van der Waals surface area contributed by atoms with Crippen LogP contribution >= 0.6 is 23.1 Å². The molecular formula is C31H29N7O2S2. The number of nitrogens with one attached hydrogen (secondary N) is 3. The number of hydrogen-bond acceptors (Lipinski definition) is 9. The highest BCUT2D eigenvalue weighted by Gasteiger charge is 2.11. The summed E-state index contributed by atoms with van der Waals surface area (Å²) in [7, 11) is 0. The van der Waals surface area contributed by atoms with Gasteiger partial charge in [0, 0.05) is 29.6 Å². The van der Waals surface area contributed by atoms with Gasteiger partial charge < -0.3 is 10.6 Å². The Labute approximate surface area is 251 Å². The Morgan fingerprint density at radius 1 is 0.857 bits per heavy atom. The van der Waals surface area contributed by atoms with Crippen LogP contribution in [0.4, 0.5) is 5.13 Å². The maximum atomic E-state index is 12.5. The number of pyridine rings is 2. The second-order valence-corrected chi connectivity index (χ2v) is 11.9. The number of amidine groups is 1. The van der Waals surface area contributed by atoms with E-state index >= 15 is 0 Å². The van der Waals surface area contributed by atoms with Crippen molar-refractivity contribution in [2.75, 3.05) is 5.32 Å². The van der Waals surface area contributed by atoms with E-state index in [-0.39, 0.29) is 29.8 Å². The molecule has 0 saturated carbocycles. The van der Waals surface area contributed by atoms with Crippen LogP contribution in [-0.2, 0) is 28.9 Å². The molecule has 2 amide bonds. The summed E-state index contributed by atoms with van der Waals surface area (Å²) in [5.74, 6) is -0.379. The monoisotopic (exact) mass is 595 g/mol. The van der Waals surface area contributed by atoms with Gasteiger partial charge in [0.25, 0.3) is 0 Å². The van der Waals surface area contributed by atoms with Crippen molar-refractivity contribution in [3.05, 3.63) is 101 Å². The van der Waals surface area contributed by atoms with E-state index in [0.717, 1.165) is 62.1 Å². The zero-order valence-electron chi connectivity index (χ0n) is 22.8. The van der Waals surface area contributed by atoms with E-state index in [0.29, 0.717) is 11.6 Å². The Morgan fingerprint density at radius 3 is 2.17 bits per heavy atom. The number of amides is 2. The van der Waals surface area contributed by atoms with Gasteiger partial charge in [0.15, 0.2) is 5.17 Å². The summed E-state index contributed by atoms with van der Waals surface area (Å²) in [4.78, 5) is 34.3. The van der Waals surface area contributed by atoms with Gasteiger partial charge in [-0.15, -0.1) is 10.2 Å². The van der Waals surface area contributed by atoms with E-state index in [9.17, 15) is 9.59 Å². The minimum absolute atomic E-state index is 0.0670. The highest BCUT2D eigenvalue weighted by atomic mass is 32.2. The molecule has 0 bridgehead atoms. The summed E-state index contributed by atoms with van der Waals surface area (Å²) in [5, 5.41) is 25.3. The quantitative estimate of drug-likeness (QED) is 0.0959. The first-order valence-corrected chi connectivity index (χ1v) is 15.1. The van der Waals surface area contributed by atoms with Gasteiger partial charge in [0.1, 0.15) is 5.01 Å². The van der Waals surface area contributed by atoms with Gasteiger partial charge in [-0.1, -0.05) is 53.9 Å². The number of rotatable bonds is 11. The molecule has 3 N–H and O–H groups in total. The minimum atomic E-state index is -0.239. The van der Waals surface area contributed by atoms with Gasteiger partial charge in [0.05, 0.1) is 23.9 Å². The lowest BCUT2D eigenvalue weighted by atomic mass is 10.1. The molecule has 0 spiro atoms. The molecule has 0 aliphatic rings. The molecule has 5 rings (SSSR count). The number of allylic oxidation sites excluding steroid dienone is 1. The molecule has 42 heavy (non-hydrogen) atoms. The predicted octanol–water partition coefficient (Wildman–Crippen LogP) is 6.07. The molecule has 0 aliphatic carbocycles. The fraction of sp³-hybridized carbons (Fsp3) is 0.194. The van der Waals surface area contributed by atoms with Crippen LogP contribution in [-0.4, -0.2) is 37.1 Å². The molecule has 212 valence electrons. The smallest absolute Gasteiger partial charge is 0.230 e. The summed E-state index contributed by atoms with van der Waals surface area (Å²) < 4.78 is 0. The Kier molecular flexibility index (Phi) is 9.62. The van der Waals surface area contributed by atoms with Gasteiger partial charge in [-0.2, -0.15) is 0 Å². The van der Waals surface area contributed by atoms with Gasteiger partial charge >= 0.3 is 0 Å². The molecule has 2 aromatic carbocycles. The summed E-state index contributed by atoms with van der Waals surface area (Å²) in [5.41, 5.74) is 3.55. The van der Waals surface area contributed by atoms with Crippen molar-refractivity contribution in [2.45, 2.75) is 38.5 Å². The number of thioether (sulfide) groups is 1. The third-order valence-corrected chi connectivity index (χ3v) is 8.07. The first kappa shape index (κ1) is 29.0. The number of aromatic nitrogens is 4. The van der Waals surface area contributed by atoms with Crippen LogP contribution in [0.3, 0.4) is 0 Å². The maximum Gasteiger partial charge on any atom is 0.230 e. The molecule has 5 aromatic rings. The largest absolute Gasteiger partial charge is 0.305 e. The first-order chi connectivity index (χ1) is 20.4. The van der Waals surface area contributed by atoms with E-state index in [2.05, 4.69) is 37.4 Å². The Bertz CT molecular complexity index is 1770. The summed E-state index contributed by atoms with van der Waals surface area (Å²) >= 11 is 2.54. The van der Waals surface area contributed by atoms with Crippen molar-refractivity contribution in [3.8, 4) is 0 Å². The van der Waals surface area contributed by atoms with E-state index in [1.54, 1.807) is 12.4 Å². The molecule has 0 saturated heterocycles. The van der Waals surface area contributed by atoms with E-state index < -0.39 is 0 Å². The fourth-order valence-electron chi connectivity index (χ4n) is 4.40.